The van der Waals surface area contributed by atoms with Crippen LogP contribution in [0.15, 0.2) is 42.5 Å². The third kappa shape index (κ3) is 3.21. The Kier molecular flexibility index (Phi) is 4.66. The molecule has 138 valence electrons. The maximum absolute atomic E-state index is 13.0. The van der Waals surface area contributed by atoms with E-state index in [9.17, 15) is 4.79 Å². The monoisotopic (exact) mass is 379 g/mol. The summed E-state index contributed by atoms with van der Waals surface area (Å²) in [4.78, 5) is 13.0. The van der Waals surface area contributed by atoms with Crippen molar-refractivity contribution in [1.29, 1.82) is 0 Å². The average molecular weight is 379 g/mol. The van der Waals surface area contributed by atoms with Gasteiger partial charge in [0.1, 0.15) is 11.6 Å². The summed E-state index contributed by atoms with van der Waals surface area (Å²) in [7, 11) is 1.57. The minimum Gasteiger partial charge on any atom is -0.496 e. The molecule has 1 N–H and O–H groups in total. The summed E-state index contributed by atoms with van der Waals surface area (Å²) >= 11 is 1.81. The first-order valence-corrected chi connectivity index (χ1v) is 9.94. The number of fused-ring (bicyclic) bond motifs is 1. The van der Waals surface area contributed by atoms with Gasteiger partial charge in [-0.2, -0.15) is 16.9 Å². The summed E-state index contributed by atoms with van der Waals surface area (Å²) in [5.74, 6) is 2.82. The van der Waals surface area contributed by atoms with E-state index in [1.165, 1.54) is 5.56 Å². The summed E-state index contributed by atoms with van der Waals surface area (Å²) in [5.41, 5.74) is 5.95. The van der Waals surface area contributed by atoms with E-state index in [4.69, 9.17) is 9.84 Å². The van der Waals surface area contributed by atoms with E-state index in [0.717, 1.165) is 39.8 Å². The zero-order valence-corrected chi connectivity index (χ0v) is 16.4. The highest BCUT2D eigenvalue weighted by Gasteiger charge is 2.26. The van der Waals surface area contributed by atoms with Gasteiger partial charge in [-0.3, -0.25) is 4.79 Å². The number of amides is 1. The first-order valence-electron chi connectivity index (χ1n) is 8.79. The van der Waals surface area contributed by atoms with E-state index in [2.05, 4.69) is 37.4 Å². The molecule has 4 rings (SSSR count). The van der Waals surface area contributed by atoms with Gasteiger partial charge in [-0.1, -0.05) is 29.8 Å². The molecule has 1 amide bonds. The van der Waals surface area contributed by atoms with Crippen LogP contribution in [0.3, 0.4) is 0 Å². The fourth-order valence-corrected chi connectivity index (χ4v) is 4.40. The summed E-state index contributed by atoms with van der Waals surface area (Å²) in [6.45, 7) is 4.14. The van der Waals surface area contributed by atoms with Crippen LogP contribution in [0.1, 0.15) is 32.7 Å². The Morgan fingerprint density at radius 2 is 2.00 bits per heavy atom. The molecule has 0 radical (unpaired) electrons. The normalized spacial score (nSPS) is 12.7. The molecule has 5 nitrogen and oxygen atoms in total. The number of nitrogens with zero attached hydrogens (tertiary/aromatic N) is 2. The standard InChI is InChI=1S/C21H21N3O2S/c1-13-8-9-18(14(2)10-13)24-20(16-11-27-12-17(16)23-24)22-21(25)15-6-4-5-7-19(15)26-3/h4-10H,11-12H2,1-3H3,(H,22,25). The number of aryl methyl sites for hydroxylation is 2. The third-order valence-electron chi connectivity index (χ3n) is 4.72. The topological polar surface area (TPSA) is 56.1 Å². The van der Waals surface area contributed by atoms with Crippen molar-refractivity contribution < 1.29 is 9.53 Å². The lowest BCUT2D eigenvalue weighted by Crippen LogP contribution is -2.17. The number of aromatic nitrogens is 2. The number of benzene rings is 2. The predicted molar refractivity (Wildman–Crippen MR) is 109 cm³/mol. The molecule has 0 saturated heterocycles. The molecule has 0 fully saturated rings. The average Bonchev–Trinajstić information content (AvgIpc) is 3.24. The van der Waals surface area contributed by atoms with E-state index < -0.39 is 0 Å². The fourth-order valence-electron chi connectivity index (χ4n) is 3.37. The van der Waals surface area contributed by atoms with Crippen LogP contribution < -0.4 is 10.1 Å². The van der Waals surface area contributed by atoms with Crippen molar-refractivity contribution in [3.8, 4) is 11.4 Å². The van der Waals surface area contributed by atoms with Gasteiger partial charge in [0, 0.05) is 17.1 Å². The minimum absolute atomic E-state index is 0.196. The van der Waals surface area contributed by atoms with Crippen LogP contribution in [-0.2, 0) is 11.5 Å². The lowest BCUT2D eigenvalue weighted by atomic mass is 10.1. The van der Waals surface area contributed by atoms with Crippen LogP contribution in [-0.4, -0.2) is 22.8 Å². The highest BCUT2D eigenvalue weighted by molar-refractivity contribution is 7.98. The Morgan fingerprint density at radius 1 is 1.19 bits per heavy atom. The largest absolute Gasteiger partial charge is 0.496 e. The van der Waals surface area contributed by atoms with E-state index in [-0.39, 0.29) is 5.91 Å². The summed E-state index contributed by atoms with van der Waals surface area (Å²) in [6, 6.07) is 13.5. The Labute approximate surface area is 162 Å². The number of anilines is 1. The highest BCUT2D eigenvalue weighted by atomic mass is 32.2. The summed E-state index contributed by atoms with van der Waals surface area (Å²) in [6.07, 6.45) is 0. The van der Waals surface area contributed by atoms with Crippen molar-refractivity contribution in [1.82, 2.24) is 9.78 Å². The highest BCUT2D eigenvalue weighted by Crippen LogP contribution is 2.37. The van der Waals surface area contributed by atoms with Gasteiger partial charge >= 0.3 is 0 Å². The second-order valence-corrected chi connectivity index (χ2v) is 7.61. The Morgan fingerprint density at radius 3 is 2.78 bits per heavy atom. The molecule has 2 heterocycles. The van der Waals surface area contributed by atoms with Gasteiger partial charge in [0.25, 0.3) is 5.91 Å². The molecule has 1 aliphatic rings. The number of thioether (sulfide) groups is 1. The molecular formula is C21H21N3O2S. The Hall–Kier alpha value is -2.73. The molecule has 1 aliphatic heterocycles. The number of rotatable bonds is 4. The van der Waals surface area contributed by atoms with Gasteiger partial charge in [-0.15, -0.1) is 0 Å². The van der Waals surface area contributed by atoms with Crippen molar-refractivity contribution >= 4 is 23.5 Å². The molecule has 0 spiro atoms. The maximum atomic E-state index is 13.0. The maximum Gasteiger partial charge on any atom is 0.260 e. The van der Waals surface area contributed by atoms with Crippen molar-refractivity contribution in [3.05, 3.63) is 70.4 Å². The molecule has 0 unspecified atom stereocenters. The molecule has 1 aromatic heterocycles. The number of methoxy groups -OCH3 is 1. The predicted octanol–water partition coefficient (Wildman–Crippen LogP) is 4.50. The van der Waals surface area contributed by atoms with Gasteiger partial charge in [0.15, 0.2) is 0 Å². The van der Waals surface area contributed by atoms with Crippen LogP contribution in [0, 0.1) is 13.8 Å². The summed E-state index contributed by atoms with van der Waals surface area (Å²) < 4.78 is 7.21. The van der Waals surface area contributed by atoms with Gasteiger partial charge in [0.05, 0.1) is 24.1 Å². The van der Waals surface area contributed by atoms with E-state index >= 15 is 0 Å². The molecule has 0 atom stereocenters. The first-order chi connectivity index (χ1) is 13.1. The number of nitrogens with one attached hydrogen (secondary N) is 1. The summed E-state index contributed by atoms with van der Waals surface area (Å²) in [5, 5.41) is 7.88. The van der Waals surface area contributed by atoms with Gasteiger partial charge in [-0.05, 0) is 37.6 Å². The fraction of sp³-hybridized carbons (Fsp3) is 0.238. The molecule has 0 aliphatic carbocycles. The second kappa shape index (κ2) is 7.12. The molecule has 0 saturated carbocycles. The zero-order valence-electron chi connectivity index (χ0n) is 15.6. The van der Waals surface area contributed by atoms with Crippen LogP contribution >= 0.6 is 11.8 Å². The second-order valence-electron chi connectivity index (χ2n) is 6.62. The van der Waals surface area contributed by atoms with Crippen LogP contribution in [0.5, 0.6) is 5.75 Å². The quantitative estimate of drug-likeness (QED) is 0.725. The molecular weight excluding hydrogens is 358 g/mol. The number of hydrogen-bond donors (Lipinski definition) is 1. The number of hydrogen-bond acceptors (Lipinski definition) is 4. The zero-order chi connectivity index (χ0) is 19.0. The smallest absolute Gasteiger partial charge is 0.260 e. The van der Waals surface area contributed by atoms with Crippen molar-refractivity contribution in [2.75, 3.05) is 12.4 Å². The van der Waals surface area contributed by atoms with Crippen molar-refractivity contribution in [3.63, 3.8) is 0 Å². The minimum atomic E-state index is -0.196. The van der Waals surface area contributed by atoms with E-state index in [0.29, 0.717) is 11.3 Å². The Bertz CT molecular complexity index is 1030. The van der Waals surface area contributed by atoms with Crippen LogP contribution in [0.25, 0.3) is 5.69 Å². The molecule has 2 aromatic carbocycles. The van der Waals surface area contributed by atoms with Crippen molar-refractivity contribution in [2.45, 2.75) is 25.4 Å². The molecule has 27 heavy (non-hydrogen) atoms. The number of carbonyl (C=O) groups excluding carboxylic acids is 1. The van der Waals surface area contributed by atoms with Crippen LogP contribution in [0.4, 0.5) is 5.82 Å². The number of para-hydroxylation sites is 1. The van der Waals surface area contributed by atoms with Gasteiger partial charge in [0.2, 0.25) is 0 Å². The van der Waals surface area contributed by atoms with E-state index in [1.54, 1.807) is 19.2 Å². The van der Waals surface area contributed by atoms with Crippen molar-refractivity contribution in [2.24, 2.45) is 0 Å². The number of ether oxygens (including phenoxy) is 1. The first kappa shape index (κ1) is 17.7. The molecule has 0 bridgehead atoms. The van der Waals surface area contributed by atoms with Gasteiger partial charge < -0.3 is 10.1 Å². The third-order valence-corrected chi connectivity index (χ3v) is 5.69. The van der Waals surface area contributed by atoms with Gasteiger partial charge in [-0.25, -0.2) is 4.68 Å². The number of carbonyl (C=O) groups is 1. The lowest BCUT2D eigenvalue weighted by Gasteiger charge is -2.14. The molecule has 3 aromatic rings. The molecule has 6 heteroatoms. The lowest BCUT2D eigenvalue weighted by molar-refractivity contribution is 0.102. The Balaban J connectivity index is 1.77. The van der Waals surface area contributed by atoms with Crippen LogP contribution in [0.2, 0.25) is 0 Å². The van der Waals surface area contributed by atoms with E-state index in [1.807, 2.05) is 28.6 Å². The SMILES string of the molecule is COc1ccccc1C(=O)Nc1c2c(nn1-c1ccc(C)cc1C)CSC2.